The van der Waals surface area contributed by atoms with Crippen LogP contribution in [0.25, 0.3) is 0 Å². The topological polar surface area (TPSA) is 69.4 Å². The van der Waals surface area contributed by atoms with Crippen LogP contribution in [0.1, 0.15) is 32.6 Å². The van der Waals surface area contributed by atoms with Crippen LogP contribution in [0, 0.1) is 11.8 Å². The van der Waals surface area contributed by atoms with Crippen molar-refractivity contribution in [1.82, 2.24) is 0 Å². The number of hydrogen-bond donors (Lipinski definition) is 1. The molecule has 0 aromatic carbocycles. The first-order chi connectivity index (χ1) is 6.97. The summed E-state index contributed by atoms with van der Waals surface area (Å²) in [6.07, 6.45) is 4.16. The number of ether oxygens (including phenoxy) is 1. The van der Waals surface area contributed by atoms with Crippen LogP contribution < -0.4 is 5.14 Å². The lowest BCUT2D eigenvalue weighted by Gasteiger charge is -2.10. The Labute approximate surface area is 92.2 Å². The van der Waals surface area contributed by atoms with E-state index in [9.17, 15) is 8.42 Å². The molecule has 90 valence electrons. The summed E-state index contributed by atoms with van der Waals surface area (Å²) in [5.74, 6) is 1.24. The lowest BCUT2D eigenvalue weighted by atomic mass is 10.1. The quantitative estimate of drug-likeness (QED) is 0.641. The minimum atomic E-state index is -3.29. The molecule has 0 saturated heterocycles. The highest BCUT2D eigenvalue weighted by Crippen LogP contribution is 2.28. The van der Waals surface area contributed by atoms with E-state index in [1.54, 1.807) is 0 Å². The van der Waals surface area contributed by atoms with E-state index < -0.39 is 10.0 Å². The summed E-state index contributed by atoms with van der Waals surface area (Å²) in [6, 6.07) is 0. The summed E-state index contributed by atoms with van der Waals surface area (Å²) in [6.45, 7) is 3.65. The normalized spacial score (nSPS) is 19.1. The summed E-state index contributed by atoms with van der Waals surface area (Å²) >= 11 is 0. The summed E-state index contributed by atoms with van der Waals surface area (Å²) < 4.78 is 26.9. The summed E-state index contributed by atoms with van der Waals surface area (Å²) in [5.41, 5.74) is 0. The summed E-state index contributed by atoms with van der Waals surface area (Å²) in [7, 11) is -3.29. The van der Waals surface area contributed by atoms with E-state index in [-0.39, 0.29) is 5.75 Å². The number of sulfonamides is 1. The molecule has 1 aliphatic carbocycles. The van der Waals surface area contributed by atoms with Crippen LogP contribution in [-0.4, -0.2) is 27.4 Å². The monoisotopic (exact) mass is 235 g/mol. The van der Waals surface area contributed by atoms with Crippen molar-refractivity contribution in [3.63, 3.8) is 0 Å². The maximum atomic E-state index is 10.7. The predicted octanol–water partition coefficient (Wildman–Crippen LogP) is 1.12. The van der Waals surface area contributed by atoms with Gasteiger partial charge >= 0.3 is 0 Å². The Morgan fingerprint density at radius 2 is 2.07 bits per heavy atom. The van der Waals surface area contributed by atoms with Gasteiger partial charge in [-0.15, -0.1) is 0 Å². The maximum Gasteiger partial charge on any atom is 0.209 e. The van der Waals surface area contributed by atoms with Crippen molar-refractivity contribution < 1.29 is 13.2 Å². The van der Waals surface area contributed by atoms with E-state index in [0.29, 0.717) is 12.3 Å². The second kappa shape index (κ2) is 5.82. The van der Waals surface area contributed by atoms with Crippen LogP contribution in [-0.2, 0) is 14.8 Å². The molecule has 15 heavy (non-hydrogen) atoms. The number of hydrogen-bond acceptors (Lipinski definition) is 3. The van der Waals surface area contributed by atoms with E-state index in [4.69, 9.17) is 9.88 Å². The van der Waals surface area contributed by atoms with Gasteiger partial charge in [0.05, 0.1) is 5.75 Å². The van der Waals surface area contributed by atoms with Crippen LogP contribution in [0.15, 0.2) is 0 Å². The first-order valence-corrected chi connectivity index (χ1v) is 7.27. The third kappa shape index (κ3) is 7.76. The highest BCUT2D eigenvalue weighted by atomic mass is 32.2. The zero-order chi connectivity index (χ0) is 11.3. The molecule has 1 aliphatic rings. The molecule has 0 radical (unpaired) electrons. The Bertz CT molecular complexity index is 272. The van der Waals surface area contributed by atoms with Crippen LogP contribution >= 0.6 is 0 Å². The van der Waals surface area contributed by atoms with Gasteiger partial charge in [0.2, 0.25) is 10.0 Å². The van der Waals surface area contributed by atoms with Crippen molar-refractivity contribution in [3.8, 4) is 0 Å². The van der Waals surface area contributed by atoms with Gasteiger partial charge in [-0.3, -0.25) is 0 Å². The van der Waals surface area contributed by atoms with Crippen molar-refractivity contribution >= 4 is 10.0 Å². The van der Waals surface area contributed by atoms with E-state index in [0.717, 1.165) is 25.6 Å². The van der Waals surface area contributed by atoms with Crippen LogP contribution in [0.3, 0.4) is 0 Å². The molecule has 1 rings (SSSR count). The molecule has 0 spiro atoms. The number of nitrogens with two attached hydrogens (primary N) is 1. The van der Waals surface area contributed by atoms with Gasteiger partial charge in [0.1, 0.15) is 0 Å². The molecule has 1 fully saturated rings. The first kappa shape index (κ1) is 12.9. The minimum Gasteiger partial charge on any atom is -0.381 e. The Morgan fingerprint density at radius 1 is 1.40 bits per heavy atom. The molecule has 1 unspecified atom stereocenters. The van der Waals surface area contributed by atoms with E-state index in [1.807, 2.05) is 6.92 Å². The third-order valence-corrected chi connectivity index (χ3v) is 3.51. The lowest BCUT2D eigenvalue weighted by Crippen LogP contribution is -2.18. The largest absolute Gasteiger partial charge is 0.381 e. The number of primary sulfonamides is 1. The Morgan fingerprint density at radius 3 is 2.60 bits per heavy atom. The second-order valence-corrected chi connectivity index (χ2v) is 6.30. The minimum absolute atomic E-state index is 0.0802. The van der Waals surface area contributed by atoms with Crippen molar-refractivity contribution in [3.05, 3.63) is 0 Å². The maximum absolute atomic E-state index is 10.7. The molecule has 0 aromatic rings. The number of rotatable bonds is 8. The molecule has 0 aromatic heterocycles. The fourth-order valence-corrected chi connectivity index (χ4v) is 2.06. The van der Waals surface area contributed by atoms with Crippen molar-refractivity contribution in [1.29, 1.82) is 0 Å². The first-order valence-electron chi connectivity index (χ1n) is 5.55. The fourth-order valence-electron chi connectivity index (χ4n) is 1.33. The summed E-state index contributed by atoms with van der Waals surface area (Å²) in [5, 5.41) is 4.93. The molecule has 1 saturated carbocycles. The van der Waals surface area contributed by atoms with Gasteiger partial charge in [0.25, 0.3) is 0 Å². The molecule has 0 amide bonds. The van der Waals surface area contributed by atoms with E-state index in [2.05, 4.69) is 0 Å². The third-order valence-electron chi connectivity index (χ3n) is 2.70. The molecule has 2 N–H and O–H groups in total. The molecule has 4 nitrogen and oxygen atoms in total. The van der Waals surface area contributed by atoms with Crippen molar-refractivity contribution in [2.24, 2.45) is 17.0 Å². The smallest absolute Gasteiger partial charge is 0.209 e. The van der Waals surface area contributed by atoms with Gasteiger partial charge in [0.15, 0.2) is 0 Å². The van der Waals surface area contributed by atoms with Gasteiger partial charge in [-0.2, -0.15) is 0 Å². The van der Waals surface area contributed by atoms with Crippen LogP contribution in [0.4, 0.5) is 0 Å². The summed E-state index contributed by atoms with van der Waals surface area (Å²) in [4.78, 5) is 0. The van der Waals surface area contributed by atoms with Gasteiger partial charge in [-0.05, 0) is 37.5 Å². The van der Waals surface area contributed by atoms with Crippen molar-refractivity contribution in [2.75, 3.05) is 19.0 Å². The average Bonchev–Trinajstić information content (AvgIpc) is 2.91. The van der Waals surface area contributed by atoms with Gasteiger partial charge in [-0.1, -0.05) is 6.92 Å². The molecular weight excluding hydrogens is 214 g/mol. The predicted molar refractivity (Wildman–Crippen MR) is 59.9 cm³/mol. The highest BCUT2D eigenvalue weighted by Gasteiger charge is 2.21. The fraction of sp³-hybridized carbons (Fsp3) is 1.00. The Hall–Kier alpha value is -0.130. The van der Waals surface area contributed by atoms with Gasteiger partial charge in [-0.25, -0.2) is 13.6 Å². The zero-order valence-electron chi connectivity index (χ0n) is 9.31. The average molecular weight is 235 g/mol. The van der Waals surface area contributed by atoms with Crippen LogP contribution in [0.2, 0.25) is 0 Å². The van der Waals surface area contributed by atoms with Crippen LogP contribution in [0.5, 0.6) is 0 Å². The standard InChI is InChI=1S/C10H21NO3S/c1-9(5-7-15(11,12)13)4-6-14-8-10-2-3-10/h9-10H,2-8H2,1H3,(H2,11,12,13). The molecule has 5 heteroatoms. The Kier molecular flexibility index (Phi) is 5.02. The molecular formula is C10H21NO3S. The molecule has 0 heterocycles. The zero-order valence-corrected chi connectivity index (χ0v) is 10.1. The van der Waals surface area contributed by atoms with E-state index in [1.165, 1.54) is 12.8 Å². The van der Waals surface area contributed by atoms with Crippen molar-refractivity contribution in [2.45, 2.75) is 32.6 Å². The van der Waals surface area contributed by atoms with Gasteiger partial charge in [0, 0.05) is 13.2 Å². The highest BCUT2D eigenvalue weighted by molar-refractivity contribution is 7.89. The lowest BCUT2D eigenvalue weighted by molar-refractivity contribution is 0.112. The molecule has 1 atom stereocenters. The molecule has 0 aliphatic heterocycles. The molecule has 0 bridgehead atoms. The SMILES string of the molecule is CC(CCOCC1CC1)CCS(N)(=O)=O. The second-order valence-electron chi connectivity index (χ2n) is 4.57. The van der Waals surface area contributed by atoms with Gasteiger partial charge < -0.3 is 4.74 Å². The Balaban J connectivity index is 1.94. The van der Waals surface area contributed by atoms with E-state index >= 15 is 0 Å².